The standard InChI is InChI=1S/C17H20N2O3/c20-14-17(13-9-5-2-6-10-13,15(21)19-16(22)18-14)11-12-7-3-1-4-8-12/h1,3-4,7-8,13H,2,5-6,9-11H2,(H2,18,19,20,21,22). The highest BCUT2D eigenvalue weighted by atomic mass is 16.2. The van der Waals surface area contributed by atoms with E-state index in [1.165, 1.54) is 0 Å². The number of rotatable bonds is 3. The van der Waals surface area contributed by atoms with Crippen molar-refractivity contribution in [2.24, 2.45) is 11.3 Å². The molecule has 5 heteroatoms. The zero-order valence-corrected chi connectivity index (χ0v) is 12.4. The van der Waals surface area contributed by atoms with Gasteiger partial charge in [-0.3, -0.25) is 20.2 Å². The highest BCUT2D eigenvalue weighted by Gasteiger charge is 2.55. The van der Waals surface area contributed by atoms with Crippen molar-refractivity contribution in [2.75, 3.05) is 0 Å². The minimum Gasteiger partial charge on any atom is -0.277 e. The van der Waals surface area contributed by atoms with Gasteiger partial charge in [0.25, 0.3) is 0 Å². The monoisotopic (exact) mass is 300 g/mol. The van der Waals surface area contributed by atoms with E-state index < -0.39 is 23.3 Å². The van der Waals surface area contributed by atoms with E-state index in [4.69, 9.17) is 0 Å². The second kappa shape index (κ2) is 5.91. The molecule has 0 spiro atoms. The summed E-state index contributed by atoms with van der Waals surface area (Å²) in [6.45, 7) is 0. The SMILES string of the molecule is O=C1NC(=O)C(Cc2ccccc2)(C2CCCCC2)C(=O)N1. The fourth-order valence-electron chi connectivity index (χ4n) is 3.75. The Balaban J connectivity index is 1.99. The summed E-state index contributed by atoms with van der Waals surface area (Å²) in [7, 11) is 0. The maximum Gasteiger partial charge on any atom is 0.328 e. The van der Waals surface area contributed by atoms with Crippen molar-refractivity contribution in [3.63, 3.8) is 0 Å². The molecular formula is C17H20N2O3. The molecule has 1 aromatic carbocycles. The van der Waals surface area contributed by atoms with Gasteiger partial charge in [0.2, 0.25) is 11.8 Å². The van der Waals surface area contributed by atoms with Gasteiger partial charge in [-0.15, -0.1) is 0 Å². The molecule has 0 bridgehead atoms. The summed E-state index contributed by atoms with van der Waals surface area (Å²) in [5.41, 5.74) is -0.233. The van der Waals surface area contributed by atoms with Crippen LogP contribution in [0.1, 0.15) is 37.7 Å². The molecule has 3 rings (SSSR count). The van der Waals surface area contributed by atoms with Gasteiger partial charge >= 0.3 is 6.03 Å². The van der Waals surface area contributed by atoms with Crippen LogP contribution < -0.4 is 10.6 Å². The Morgan fingerprint density at radius 2 is 1.50 bits per heavy atom. The highest BCUT2D eigenvalue weighted by molar-refractivity contribution is 6.19. The van der Waals surface area contributed by atoms with Crippen molar-refractivity contribution >= 4 is 17.8 Å². The molecule has 4 amide bonds. The number of hydrogen-bond acceptors (Lipinski definition) is 3. The van der Waals surface area contributed by atoms with E-state index >= 15 is 0 Å². The molecule has 22 heavy (non-hydrogen) atoms. The maximum absolute atomic E-state index is 12.6. The zero-order chi connectivity index (χ0) is 15.6. The molecule has 1 aliphatic carbocycles. The van der Waals surface area contributed by atoms with Crippen LogP contribution in [0.15, 0.2) is 30.3 Å². The van der Waals surface area contributed by atoms with Crippen LogP contribution in [0.25, 0.3) is 0 Å². The lowest BCUT2D eigenvalue weighted by molar-refractivity contribution is -0.149. The molecule has 2 fully saturated rings. The van der Waals surface area contributed by atoms with Crippen LogP contribution in [0.5, 0.6) is 0 Å². The van der Waals surface area contributed by atoms with Crippen LogP contribution in [0.2, 0.25) is 0 Å². The maximum atomic E-state index is 12.6. The molecule has 0 unspecified atom stereocenters. The van der Waals surface area contributed by atoms with E-state index in [1.807, 2.05) is 30.3 Å². The molecule has 0 atom stereocenters. The Labute approximate surface area is 129 Å². The summed E-state index contributed by atoms with van der Waals surface area (Å²) in [6, 6.07) is 8.82. The lowest BCUT2D eigenvalue weighted by Crippen LogP contribution is -2.65. The van der Waals surface area contributed by atoms with Crippen molar-refractivity contribution in [3.8, 4) is 0 Å². The van der Waals surface area contributed by atoms with E-state index in [9.17, 15) is 14.4 Å². The number of barbiturate groups is 1. The third-order valence-electron chi connectivity index (χ3n) is 4.89. The number of carbonyl (C=O) groups excluding carboxylic acids is 3. The predicted molar refractivity (Wildman–Crippen MR) is 80.8 cm³/mol. The smallest absolute Gasteiger partial charge is 0.277 e. The van der Waals surface area contributed by atoms with E-state index in [0.29, 0.717) is 6.42 Å². The Morgan fingerprint density at radius 3 is 2.09 bits per heavy atom. The molecule has 2 N–H and O–H groups in total. The summed E-state index contributed by atoms with van der Waals surface area (Å²) < 4.78 is 0. The topological polar surface area (TPSA) is 75.3 Å². The van der Waals surface area contributed by atoms with Crippen LogP contribution in [0, 0.1) is 11.3 Å². The Kier molecular flexibility index (Phi) is 3.96. The Morgan fingerprint density at radius 1 is 0.909 bits per heavy atom. The molecular weight excluding hydrogens is 280 g/mol. The third kappa shape index (κ3) is 2.51. The summed E-state index contributed by atoms with van der Waals surface area (Å²) in [6.07, 6.45) is 5.22. The minimum atomic E-state index is -1.17. The number of nitrogens with one attached hydrogen (secondary N) is 2. The lowest BCUT2D eigenvalue weighted by atomic mass is 9.64. The van der Waals surface area contributed by atoms with Crippen molar-refractivity contribution in [1.29, 1.82) is 0 Å². The number of amides is 4. The average Bonchev–Trinajstić information content (AvgIpc) is 2.53. The first-order valence-electron chi connectivity index (χ1n) is 7.84. The first-order chi connectivity index (χ1) is 10.6. The molecule has 5 nitrogen and oxygen atoms in total. The van der Waals surface area contributed by atoms with Gasteiger partial charge in [-0.25, -0.2) is 4.79 Å². The normalized spacial score (nSPS) is 22.1. The molecule has 1 aliphatic heterocycles. The van der Waals surface area contributed by atoms with Gasteiger partial charge in [-0.2, -0.15) is 0 Å². The first-order valence-corrected chi connectivity index (χ1v) is 7.84. The fourth-order valence-corrected chi connectivity index (χ4v) is 3.75. The van der Waals surface area contributed by atoms with Gasteiger partial charge in [0.1, 0.15) is 5.41 Å². The zero-order valence-electron chi connectivity index (χ0n) is 12.4. The number of hydrogen-bond donors (Lipinski definition) is 2. The highest BCUT2D eigenvalue weighted by Crippen LogP contribution is 2.42. The molecule has 1 aromatic rings. The predicted octanol–water partition coefficient (Wildman–Crippen LogP) is 2.16. The summed E-state index contributed by atoms with van der Waals surface area (Å²) in [5.74, 6) is -0.913. The van der Waals surface area contributed by atoms with Gasteiger partial charge in [0.15, 0.2) is 0 Å². The van der Waals surface area contributed by atoms with Crippen molar-refractivity contribution in [3.05, 3.63) is 35.9 Å². The van der Waals surface area contributed by atoms with Gasteiger partial charge in [0, 0.05) is 0 Å². The van der Waals surface area contributed by atoms with E-state index in [2.05, 4.69) is 10.6 Å². The molecule has 1 heterocycles. The van der Waals surface area contributed by atoms with Gasteiger partial charge in [-0.05, 0) is 30.7 Å². The molecule has 0 aromatic heterocycles. The number of urea groups is 1. The Hall–Kier alpha value is -2.17. The van der Waals surface area contributed by atoms with Crippen LogP contribution in [-0.2, 0) is 16.0 Å². The second-order valence-corrected chi connectivity index (χ2v) is 6.21. The molecule has 116 valence electrons. The number of benzene rings is 1. The summed E-state index contributed by atoms with van der Waals surface area (Å²) in [5, 5.41) is 4.62. The van der Waals surface area contributed by atoms with Crippen molar-refractivity contribution in [1.82, 2.24) is 10.6 Å². The largest absolute Gasteiger partial charge is 0.328 e. The van der Waals surface area contributed by atoms with Gasteiger partial charge in [-0.1, -0.05) is 49.6 Å². The van der Waals surface area contributed by atoms with Crippen molar-refractivity contribution < 1.29 is 14.4 Å². The van der Waals surface area contributed by atoms with E-state index in [1.54, 1.807) is 0 Å². The van der Waals surface area contributed by atoms with Crippen molar-refractivity contribution in [2.45, 2.75) is 38.5 Å². The van der Waals surface area contributed by atoms with Crippen LogP contribution in [0.4, 0.5) is 4.79 Å². The molecule has 0 radical (unpaired) electrons. The molecule has 1 saturated heterocycles. The van der Waals surface area contributed by atoms with E-state index in [-0.39, 0.29) is 5.92 Å². The first kappa shape index (κ1) is 14.8. The number of imide groups is 2. The van der Waals surface area contributed by atoms with Crippen LogP contribution >= 0.6 is 0 Å². The minimum absolute atomic E-state index is 0.0189. The molecule has 1 saturated carbocycles. The quantitative estimate of drug-likeness (QED) is 0.840. The molecule has 2 aliphatic rings. The summed E-state index contributed by atoms with van der Waals surface area (Å²) >= 11 is 0. The Bertz CT molecular complexity index is 571. The van der Waals surface area contributed by atoms with Gasteiger partial charge in [0.05, 0.1) is 0 Å². The van der Waals surface area contributed by atoms with Crippen LogP contribution in [0.3, 0.4) is 0 Å². The fraction of sp³-hybridized carbons (Fsp3) is 0.471. The lowest BCUT2D eigenvalue weighted by Gasteiger charge is -2.41. The van der Waals surface area contributed by atoms with Crippen LogP contribution in [-0.4, -0.2) is 17.8 Å². The second-order valence-electron chi connectivity index (χ2n) is 6.21. The van der Waals surface area contributed by atoms with Gasteiger partial charge < -0.3 is 0 Å². The third-order valence-corrected chi connectivity index (χ3v) is 4.89. The van der Waals surface area contributed by atoms with E-state index in [0.717, 1.165) is 37.7 Å². The number of carbonyl (C=O) groups is 3. The summed E-state index contributed by atoms with van der Waals surface area (Å²) in [4.78, 5) is 36.7. The average molecular weight is 300 g/mol.